The van der Waals surface area contributed by atoms with Crippen LogP contribution in [0.15, 0.2) is 17.7 Å². The maximum atomic E-state index is 11.6. The van der Waals surface area contributed by atoms with Gasteiger partial charge in [0.25, 0.3) is 0 Å². The summed E-state index contributed by atoms with van der Waals surface area (Å²) >= 11 is 1.77. The third-order valence-corrected chi connectivity index (χ3v) is 3.31. The van der Waals surface area contributed by atoms with E-state index in [4.69, 9.17) is 0 Å². The summed E-state index contributed by atoms with van der Waals surface area (Å²) < 4.78 is 0. The molecule has 1 rings (SSSR count). The van der Waals surface area contributed by atoms with Crippen LogP contribution in [0, 0.1) is 13.8 Å². The quantitative estimate of drug-likeness (QED) is 0.801. The number of hydrogen-bond donors (Lipinski definition) is 1. The zero-order chi connectivity index (χ0) is 12.3. The van der Waals surface area contributed by atoms with Gasteiger partial charge < -0.3 is 5.32 Å². The SMILES string of the molecule is CC(C)=CC(=O)NC(C)c1cc(C)sc1C. The molecule has 0 aliphatic heterocycles. The van der Waals surface area contributed by atoms with E-state index in [0.29, 0.717) is 0 Å². The summed E-state index contributed by atoms with van der Waals surface area (Å²) in [4.78, 5) is 14.1. The van der Waals surface area contributed by atoms with E-state index in [2.05, 4.69) is 25.2 Å². The van der Waals surface area contributed by atoms with Gasteiger partial charge in [-0.1, -0.05) is 5.57 Å². The molecule has 0 bridgehead atoms. The fourth-order valence-corrected chi connectivity index (χ4v) is 2.70. The van der Waals surface area contributed by atoms with E-state index < -0.39 is 0 Å². The fraction of sp³-hybridized carbons (Fsp3) is 0.462. The standard InChI is InChI=1S/C13H19NOS/c1-8(2)6-13(15)14-10(4)12-7-9(3)16-11(12)5/h6-7,10H,1-5H3,(H,14,15). The van der Waals surface area contributed by atoms with E-state index in [0.717, 1.165) is 5.57 Å². The zero-order valence-corrected chi connectivity index (χ0v) is 11.4. The molecule has 1 aromatic rings. The number of amides is 1. The Morgan fingerprint density at radius 2 is 2.06 bits per heavy atom. The number of carbonyl (C=O) groups excluding carboxylic acids is 1. The van der Waals surface area contributed by atoms with Crippen LogP contribution in [0.5, 0.6) is 0 Å². The number of carbonyl (C=O) groups is 1. The summed E-state index contributed by atoms with van der Waals surface area (Å²) in [6, 6.07) is 2.22. The van der Waals surface area contributed by atoms with Crippen molar-refractivity contribution in [2.45, 2.75) is 40.7 Å². The van der Waals surface area contributed by atoms with Crippen molar-refractivity contribution in [3.63, 3.8) is 0 Å². The summed E-state index contributed by atoms with van der Waals surface area (Å²) in [6.07, 6.45) is 1.63. The van der Waals surface area contributed by atoms with Crippen LogP contribution in [0.3, 0.4) is 0 Å². The first-order valence-electron chi connectivity index (χ1n) is 5.42. The highest BCUT2D eigenvalue weighted by Crippen LogP contribution is 2.25. The van der Waals surface area contributed by atoms with Crippen LogP contribution in [0.25, 0.3) is 0 Å². The lowest BCUT2D eigenvalue weighted by atomic mass is 10.1. The van der Waals surface area contributed by atoms with E-state index in [9.17, 15) is 4.79 Å². The van der Waals surface area contributed by atoms with Gasteiger partial charge in [-0.05, 0) is 46.2 Å². The van der Waals surface area contributed by atoms with Crippen molar-refractivity contribution >= 4 is 17.2 Å². The summed E-state index contributed by atoms with van der Waals surface area (Å²) in [7, 11) is 0. The highest BCUT2D eigenvalue weighted by Gasteiger charge is 2.12. The number of rotatable bonds is 3. The monoisotopic (exact) mass is 237 g/mol. The first kappa shape index (κ1) is 13.0. The molecule has 0 aliphatic carbocycles. The first-order chi connectivity index (χ1) is 7.40. The maximum absolute atomic E-state index is 11.6. The van der Waals surface area contributed by atoms with Gasteiger partial charge in [0.15, 0.2) is 0 Å². The van der Waals surface area contributed by atoms with Crippen LogP contribution in [0.1, 0.15) is 42.1 Å². The number of thiophene rings is 1. The largest absolute Gasteiger partial charge is 0.346 e. The molecule has 16 heavy (non-hydrogen) atoms. The summed E-state index contributed by atoms with van der Waals surface area (Å²) in [5.74, 6) is -0.0178. The van der Waals surface area contributed by atoms with Crippen LogP contribution < -0.4 is 5.32 Å². The Balaban J connectivity index is 2.73. The first-order valence-corrected chi connectivity index (χ1v) is 6.24. The van der Waals surface area contributed by atoms with Gasteiger partial charge in [0.2, 0.25) is 5.91 Å². The lowest BCUT2D eigenvalue weighted by Gasteiger charge is -2.12. The van der Waals surface area contributed by atoms with Gasteiger partial charge in [0.1, 0.15) is 0 Å². The minimum Gasteiger partial charge on any atom is -0.346 e. The molecule has 0 spiro atoms. The molecule has 0 saturated carbocycles. The third-order valence-electron chi connectivity index (χ3n) is 2.32. The van der Waals surface area contributed by atoms with Crippen LogP contribution in [-0.2, 0) is 4.79 Å². The Bertz CT molecular complexity index is 414. The molecule has 0 saturated heterocycles. The number of nitrogens with one attached hydrogen (secondary N) is 1. The molecule has 1 amide bonds. The molecular formula is C13H19NOS. The predicted molar refractivity (Wildman–Crippen MR) is 69.8 cm³/mol. The minimum atomic E-state index is -0.0178. The van der Waals surface area contributed by atoms with Gasteiger partial charge in [-0.2, -0.15) is 0 Å². The van der Waals surface area contributed by atoms with E-state index in [1.54, 1.807) is 17.4 Å². The highest BCUT2D eigenvalue weighted by molar-refractivity contribution is 7.12. The van der Waals surface area contributed by atoms with Crippen molar-refractivity contribution in [3.05, 3.63) is 33.0 Å². The molecule has 1 unspecified atom stereocenters. The topological polar surface area (TPSA) is 29.1 Å². The smallest absolute Gasteiger partial charge is 0.244 e. The molecule has 1 heterocycles. The lowest BCUT2D eigenvalue weighted by molar-refractivity contribution is -0.117. The third kappa shape index (κ3) is 3.49. The van der Waals surface area contributed by atoms with E-state index in [-0.39, 0.29) is 11.9 Å². The van der Waals surface area contributed by atoms with E-state index in [1.165, 1.54) is 15.3 Å². The molecule has 1 N–H and O–H groups in total. The minimum absolute atomic E-state index is 0.0178. The van der Waals surface area contributed by atoms with Gasteiger partial charge in [-0.3, -0.25) is 4.79 Å². The second kappa shape index (κ2) is 5.30. The van der Waals surface area contributed by atoms with Gasteiger partial charge in [-0.15, -0.1) is 11.3 Å². The van der Waals surface area contributed by atoms with Gasteiger partial charge in [0, 0.05) is 15.8 Å². The predicted octanol–water partition coefficient (Wildman–Crippen LogP) is 3.51. The molecule has 0 aromatic carbocycles. The van der Waals surface area contributed by atoms with E-state index >= 15 is 0 Å². The van der Waals surface area contributed by atoms with Crippen LogP contribution in [-0.4, -0.2) is 5.91 Å². The zero-order valence-electron chi connectivity index (χ0n) is 10.5. The van der Waals surface area contributed by atoms with Crippen molar-refractivity contribution in [3.8, 4) is 0 Å². The molecule has 0 aliphatic rings. The molecule has 1 aromatic heterocycles. The van der Waals surface area contributed by atoms with Crippen LogP contribution in [0.2, 0.25) is 0 Å². The lowest BCUT2D eigenvalue weighted by Crippen LogP contribution is -2.25. The van der Waals surface area contributed by atoms with Crippen LogP contribution in [0.4, 0.5) is 0 Å². The molecule has 88 valence electrons. The van der Waals surface area contributed by atoms with Gasteiger partial charge >= 0.3 is 0 Å². The highest BCUT2D eigenvalue weighted by atomic mass is 32.1. The van der Waals surface area contributed by atoms with Gasteiger partial charge in [-0.25, -0.2) is 0 Å². The van der Waals surface area contributed by atoms with Crippen molar-refractivity contribution in [2.24, 2.45) is 0 Å². The Morgan fingerprint density at radius 3 is 2.50 bits per heavy atom. The molecular weight excluding hydrogens is 218 g/mol. The van der Waals surface area contributed by atoms with Crippen molar-refractivity contribution in [2.75, 3.05) is 0 Å². The second-order valence-corrected chi connectivity index (χ2v) is 5.78. The molecule has 1 atom stereocenters. The Kier molecular flexibility index (Phi) is 4.30. The van der Waals surface area contributed by atoms with E-state index in [1.807, 2.05) is 20.8 Å². The van der Waals surface area contributed by atoms with Crippen molar-refractivity contribution in [1.82, 2.24) is 5.32 Å². The molecule has 2 nitrogen and oxygen atoms in total. The number of aryl methyl sites for hydroxylation is 2. The normalized spacial score (nSPS) is 12.1. The summed E-state index contributed by atoms with van der Waals surface area (Å²) in [5.41, 5.74) is 2.24. The molecule has 0 fully saturated rings. The number of allylic oxidation sites excluding steroid dienone is 1. The molecule has 0 radical (unpaired) electrons. The van der Waals surface area contributed by atoms with Crippen molar-refractivity contribution < 1.29 is 4.79 Å². The van der Waals surface area contributed by atoms with Gasteiger partial charge in [0.05, 0.1) is 6.04 Å². The Labute approximate surface area is 101 Å². The van der Waals surface area contributed by atoms with Crippen LogP contribution >= 0.6 is 11.3 Å². The Hall–Kier alpha value is -1.09. The number of hydrogen-bond acceptors (Lipinski definition) is 2. The fourth-order valence-electron chi connectivity index (χ4n) is 1.68. The average Bonchev–Trinajstić information content (AvgIpc) is 2.43. The summed E-state index contributed by atoms with van der Waals surface area (Å²) in [5, 5.41) is 2.97. The molecule has 3 heteroatoms. The average molecular weight is 237 g/mol. The summed E-state index contributed by atoms with van der Waals surface area (Å²) in [6.45, 7) is 10.0. The van der Waals surface area contributed by atoms with Crippen molar-refractivity contribution in [1.29, 1.82) is 0 Å². The second-order valence-electron chi connectivity index (χ2n) is 4.32. The Morgan fingerprint density at radius 1 is 1.44 bits per heavy atom. The maximum Gasteiger partial charge on any atom is 0.244 e.